The Balaban J connectivity index is 1.97. The molecule has 1 heterocycles. The van der Waals surface area contributed by atoms with Gasteiger partial charge in [0.1, 0.15) is 23.5 Å². The summed E-state index contributed by atoms with van der Waals surface area (Å²) in [7, 11) is 0. The minimum atomic E-state index is -0.504. The van der Waals surface area contributed by atoms with Crippen LogP contribution in [0.2, 0.25) is 0 Å². The molecule has 6 heteroatoms. The first kappa shape index (κ1) is 16.6. The number of nitriles is 1. The zero-order valence-electron chi connectivity index (χ0n) is 12.9. The van der Waals surface area contributed by atoms with Gasteiger partial charge in [-0.25, -0.2) is 4.79 Å². The van der Waals surface area contributed by atoms with E-state index in [0.29, 0.717) is 24.4 Å². The zero-order chi connectivity index (χ0) is 16.3. The van der Waals surface area contributed by atoms with E-state index in [1.807, 2.05) is 26.8 Å². The molecule has 0 aromatic heterocycles. The van der Waals surface area contributed by atoms with Gasteiger partial charge in [0, 0.05) is 17.4 Å². The SMILES string of the molecule is CC(C)(C)OC(=O)N1CCC(Oc2ccc(Br)cc2C#N)C1. The van der Waals surface area contributed by atoms with Crippen LogP contribution >= 0.6 is 15.9 Å². The number of hydrogen-bond donors (Lipinski definition) is 0. The molecule has 0 saturated carbocycles. The molecule has 1 aromatic rings. The summed E-state index contributed by atoms with van der Waals surface area (Å²) < 4.78 is 12.1. The molecule has 2 rings (SSSR count). The lowest BCUT2D eigenvalue weighted by Gasteiger charge is -2.24. The minimum Gasteiger partial charge on any atom is -0.487 e. The average Bonchev–Trinajstić information content (AvgIpc) is 2.87. The van der Waals surface area contributed by atoms with Crippen LogP contribution in [-0.2, 0) is 4.74 Å². The molecule has 5 nitrogen and oxygen atoms in total. The molecular formula is C16H19BrN2O3. The molecule has 1 amide bonds. The van der Waals surface area contributed by atoms with Crippen LogP contribution < -0.4 is 4.74 Å². The molecule has 1 unspecified atom stereocenters. The average molecular weight is 367 g/mol. The predicted octanol–water partition coefficient (Wildman–Crippen LogP) is 3.71. The summed E-state index contributed by atoms with van der Waals surface area (Å²) in [5, 5.41) is 9.15. The van der Waals surface area contributed by atoms with Gasteiger partial charge in [-0.05, 0) is 39.0 Å². The molecule has 1 fully saturated rings. The van der Waals surface area contributed by atoms with Gasteiger partial charge < -0.3 is 14.4 Å². The smallest absolute Gasteiger partial charge is 0.410 e. The summed E-state index contributed by atoms with van der Waals surface area (Å²) in [6.45, 7) is 6.59. The van der Waals surface area contributed by atoms with Crippen molar-refractivity contribution in [3.63, 3.8) is 0 Å². The molecule has 1 atom stereocenters. The lowest BCUT2D eigenvalue weighted by Crippen LogP contribution is -2.36. The van der Waals surface area contributed by atoms with Gasteiger partial charge in [0.2, 0.25) is 0 Å². The monoisotopic (exact) mass is 366 g/mol. The van der Waals surface area contributed by atoms with E-state index in [-0.39, 0.29) is 12.2 Å². The van der Waals surface area contributed by atoms with E-state index in [1.165, 1.54) is 0 Å². The fourth-order valence-electron chi connectivity index (χ4n) is 2.19. The van der Waals surface area contributed by atoms with Crippen LogP contribution in [0.4, 0.5) is 4.79 Å². The molecule has 1 aliphatic rings. The van der Waals surface area contributed by atoms with E-state index in [9.17, 15) is 4.79 Å². The summed E-state index contributed by atoms with van der Waals surface area (Å²) in [5.41, 5.74) is -0.0273. The Labute approximate surface area is 138 Å². The van der Waals surface area contributed by atoms with Gasteiger partial charge in [0.05, 0.1) is 12.1 Å². The topological polar surface area (TPSA) is 62.6 Å². The number of amides is 1. The molecule has 1 aliphatic heterocycles. The third-order valence-electron chi connectivity index (χ3n) is 3.15. The van der Waals surface area contributed by atoms with E-state index in [0.717, 1.165) is 10.9 Å². The molecule has 0 spiro atoms. The number of likely N-dealkylation sites (tertiary alicyclic amines) is 1. The summed E-state index contributed by atoms with van der Waals surface area (Å²) in [5.74, 6) is 0.543. The molecule has 1 saturated heterocycles. The number of rotatable bonds is 2. The normalized spacial score (nSPS) is 18.0. The minimum absolute atomic E-state index is 0.124. The molecule has 22 heavy (non-hydrogen) atoms. The van der Waals surface area contributed by atoms with Crippen molar-refractivity contribution in [3.05, 3.63) is 28.2 Å². The first-order chi connectivity index (χ1) is 10.3. The van der Waals surface area contributed by atoms with E-state index in [4.69, 9.17) is 14.7 Å². The third kappa shape index (κ3) is 4.38. The standard InChI is InChI=1S/C16H19BrN2O3/c1-16(2,3)22-15(20)19-7-6-13(10-19)21-14-5-4-12(17)8-11(14)9-18/h4-5,8,13H,6-7,10H2,1-3H3. The molecule has 0 aliphatic carbocycles. The Morgan fingerprint density at radius 2 is 2.18 bits per heavy atom. The molecule has 0 bridgehead atoms. The van der Waals surface area contributed by atoms with Crippen molar-refractivity contribution in [2.45, 2.75) is 38.9 Å². The van der Waals surface area contributed by atoms with Crippen LogP contribution in [0.3, 0.4) is 0 Å². The van der Waals surface area contributed by atoms with Crippen molar-refractivity contribution >= 4 is 22.0 Å². The highest BCUT2D eigenvalue weighted by Gasteiger charge is 2.31. The maximum atomic E-state index is 12.0. The van der Waals surface area contributed by atoms with Gasteiger partial charge in [-0.15, -0.1) is 0 Å². The zero-order valence-corrected chi connectivity index (χ0v) is 14.5. The summed E-state index contributed by atoms with van der Waals surface area (Å²) in [6.07, 6.45) is 0.274. The first-order valence-electron chi connectivity index (χ1n) is 7.13. The Morgan fingerprint density at radius 1 is 1.45 bits per heavy atom. The van der Waals surface area contributed by atoms with E-state index < -0.39 is 5.60 Å². The van der Waals surface area contributed by atoms with Crippen molar-refractivity contribution in [2.24, 2.45) is 0 Å². The number of carbonyl (C=O) groups is 1. The lowest BCUT2D eigenvalue weighted by atomic mass is 10.2. The van der Waals surface area contributed by atoms with E-state index in [2.05, 4.69) is 22.0 Å². The van der Waals surface area contributed by atoms with Gasteiger partial charge in [0.15, 0.2) is 0 Å². The first-order valence-corrected chi connectivity index (χ1v) is 7.92. The van der Waals surface area contributed by atoms with Gasteiger partial charge in [-0.2, -0.15) is 5.26 Å². The second-order valence-corrected chi connectivity index (χ2v) is 7.12. The van der Waals surface area contributed by atoms with Crippen LogP contribution in [0.5, 0.6) is 5.75 Å². The highest BCUT2D eigenvalue weighted by Crippen LogP contribution is 2.26. The van der Waals surface area contributed by atoms with Crippen molar-refractivity contribution in [3.8, 4) is 11.8 Å². The number of benzene rings is 1. The van der Waals surface area contributed by atoms with Gasteiger partial charge in [-0.1, -0.05) is 15.9 Å². The molecule has 118 valence electrons. The molecule has 0 N–H and O–H groups in total. The summed E-state index contributed by atoms with van der Waals surface area (Å²) in [6, 6.07) is 7.43. The number of hydrogen-bond acceptors (Lipinski definition) is 4. The Morgan fingerprint density at radius 3 is 2.82 bits per heavy atom. The maximum absolute atomic E-state index is 12.0. The summed E-state index contributed by atoms with van der Waals surface area (Å²) in [4.78, 5) is 13.7. The number of carbonyl (C=O) groups excluding carboxylic acids is 1. The largest absolute Gasteiger partial charge is 0.487 e. The maximum Gasteiger partial charge on any atom is 0.410 e. The Hall–Kier alpha value is -1.74. The van der Waals surface area contributed by atoms with Crippen molar-refractivity contribution in [1.29, 1.82) is 5.26 Å². The lowest BCUT2D eigenvalue weighted by molar-refractivity contribution is 0.0275. The van der Waals surface area contributed by atoms with Gasteiger partial charge in [0.25, 0.3) is 0 Å². The van der Waals surface area contributed by atoms with Gasteiger partial charge >= 0.3 is 6.09 Å². The Bertz CT molecular complexity index is 604. The highest BCUT2D eigenvalue weighted by atomic mass is 79.9. The number of nitrogens with zero attached hydrogens (tertiary/aromatic N) is 2. The van der Waals surface area contributed by atoms with Crippen molar-refractivity contribution in [1.82, 2.24) is 4.90 Å². The molecule has 1 aromatic carbocycles. The molecular weight excluding hydrogens is 348 g/mol. The van der Waals surface area contributed by atoms with E-state index in [1.54, 1.807) is 17.0 Å². The highest BCUT2D eigenvalue weighted by molar-refractivity contribution is 9.10. The quantitative estimate of drug-likeness (QED) is 0.800. The van der Waals surface area contributed by atoms with Crippen LogP contribution in [0, 0.1) is 11.3 Å². The number of ether oxygens (including phenoxy) is 2. The predicted molar refractivity (Wildman–Crippen MR) is 85.7 cm³/mol. The molecule has 0 radical (unpaired) electrons. The Kier molecular flexibility index (Phi) is 4.97. The second kappa shape index (κ2) is 6.57. The fraction of sp³-hybridized carbons (Fsp3) is 0.500. The fourth-order valence-corrected chi connectivity index (χ4v) is 2.55. The van der Waals surface area contributed by atoms with Gasteiger partial charge in [-0.3, -0.25) is 0 Å². The summed E-state index contributed by atoms with van der Waals surface area (Å²) >= 11 is 3.33. The van der Waals surface area contributed by atoms with E-state index >= 15 is 0 Å². The second-order valence-electron chi connectivity index (χ2n) is 6.21. The van der Waals surface area contributed by atoms with Crippen LogP contribution in [0.25, 0.3) is 0 Å². The third-order valence-corrected chi connectivity index (χ3v) is 3.65. The van der Waals surface area contributed by atoms with Crippen molar-refractivity contribution in [2.75, 3.05) is 13.1 Å². The van der Waals surface area contributed by atoms with Crippen molar-refractivity contribution < 1.29 is 14.3 Å². The number of halogens is 1. The van der Waals surface area contributed by atoms with Crippen LogP contribution in [-0.4, -0.2) is 35.8 Å². The van der Waals surface area contributed by atoms with Crippen LogP contribution in [0.15, 0.2) is 22.7 Å². The van der Waals surface area contributed by atoms with Crippen LogP contribution in [0.1, 0.15) is 32.8 Å².